The van der Waals surface area contributed by atoms with Gasteiger partial charge in [0.25, 0.3) is 0 Å². The van der Waals surface area contributed by atoms with Gasteiger partial charge >= 0.3 is 5.91 Å². The molecule has 0 spiro atoms. The van der Waals surface area contributed by atoms with E-state index < -0.39 is 6.04 Å². The van der Waals surface area contributed by atoms with E-state index in [-0.39, 0.29) is 34.0 Å². The molecule has 0 aliphatic heterocycles. The molecule has 0 aromatic heterocycles. The van der Waals surface area contributed by atoms with Crippen molar-refractivity contribution in [3.05, 3.63) is 0 Å². The second-order valence-corrected chi connectivity index (χ2v) is 3.14. The molecule has 4 nitrogen and oxygen atoms in total. The van der Waals surface area contributed by atoms with Crippen LogP contribution < -0.4 is 22.7 Å². The number of aliphatic hydroxyl groups excluding tert-OH is 1. The molecule has 0 heterocycles. The lowest BCUT2D eigenvalue weighted by Gasteiger charge is -2.22. The Bertz CT molecular complexity index is 133. The maximum Gasteiger partial charge on any atom is 0.332 e. The number of halogens is 1. The molecule has 0 aromatic rings. The zero-order valence-corrected chi connectivity index (χ0v) is 8.63. The van der Waals surface area contributed by atoms with Gasteiger partial charge in [-0.05, 0) is 0 Å². The van der Waals surface area contributed by atoms with Gasteiger partial charge in [-0.25, -0.2) is 4.79 Å². The van der Waals surface area contributed by atoms with Crippen LogP contribution in [0.4, 0.5) is 0 Å². The Morgan fingerprint density at radius 3 is 2.00 bits per heavy atom. The summed E-state index contributed by atoms with van der Waals surface area (Å²) in [4.78, 5) is 11.1. The van der Waals surface area contributed by atoms with Crippen LogP contribution in [-0.2, 0) is 4.79 Å². The largest absolute Gasteiger partial charge is 1.00 e. The molecule has 68 valence electrons. The number of aliphatic hydroxyl groups is 1. The van der Waals surface area contributed by atoms with Crippen LogP contribution in [0.15, 0.2) is 0 Å². The molecule has 0 rings (SSSR count). The molecule has 0 aliphatic carbocycles. The van der Waals surface area contributed by atoms with Crippen LogP contribution in [0.25, 0.3) is 0 Å². The molecule has 0 aliphatic rings. The second-order valence-electron chi connectivity index (χ2n) is 3.14. The monoisotopic (exact) mass is 226 g/mol. The molecule has 0 fully saturated rings. The highest BCUT2D eigenvalue weighted by atomic mass is 79.9. The fourth-order valence-electron chi connectivity index (χ4n) is 0.576. The second kappa shape index (κ2) is 4.82. The quantitative estimate of drug-likeness (QED) is 0.468. The van der Waals surface area contributed by atoms with Gasteiger partial charge in [-0.1, -0.05) is 0 Å². The molecular weight excluding hydrogens is 212 g/mol. The fraction of sp³-hybridized carbons (Fsp3) is 0.833. The Morgan fingerprint density at radius 1 is 1.55 bits per heavy atom. The number of amides is 1. The normalized spacial score (nSPS) is 13.5. The minimum absolute atomic E-state index is 0. The minimum Gasteiger partial charge on any atom is -1.00 e. The van der Waals surface area contributed by atoms with E-state index in [1.54, 1.807) is 21.1 Å². The summed E-state index contributed by atoms with van der Waals surface area (Å²) >= 11 is 0. The van der Waals surface area contributed by atoms with Crippen LogP contribution in [0.5, 0.6) is 0 Å². The van der Waals surface area contributed by atoms with Crippen LogP contribution in [0, 0.1) is 0 Å². The molecule has 0 unspecified atom stereocenters. The average Bonchev–Trinajstić information content (AvgIpc) is 1.83. The molecule has 0 aromatic carbocycles. The number of hydrogen-bond acceptors (Lipinski definition) is 3. The van der Waals surface area contributed by atoms with Crippen LogP contribution in [0.2, 0.25) is 0 Å². The van der Waals surface area contributed by atoms with E-state index in [4.69, 9.17) is 10.8 Å². The van der Waals surface area contributed by atoms with Gasteiger partial charge < -0.3 is 27.8 Å². The Labute approximate surface area is 77.3 Å². The van der Waals surface area contributed by atoms with Crippen molar-refractivity contribution in [2.45, 2.75) is 6.04 Å². The Kier molecular flexibility index (Phi) is 5.96. The third kappa shape index (κ3) is 4.47. The van der Waals surface area contributed by atoms with Gasteiger partial charge in [-0.2, -0.15) is 0 Å². The maximum absolute atomic E-state index is 11.1. The number of likely N-dealkylation sites (N-methyl/N-ethyl adjacent to an activating group) is 1. The van der Waals surface area contributed by atoms with E-state index in [1.807, 2.05) is 0 Å². The van der Waals surface area contributed by atoms with Gasteiger partial charge in [0.1, 0.15) is 6.04 Å². The molecule has 11 heavy (non-hydrogen) atoms. The topological polar surface area (TPSA) is 63.3 Å². The summed E-state index contributed by atoms with van der Waals surface area (Å²) in [6, 6.07) is -0.750. The van der Waals surface area contributed by atoms with Gasteiger partial charge in [-0.3, -0.25) is 4.48 Å². The molecule has 3 N–H and O–H groups in total. The van der Waals surface area contributed by atoms with Crippen LogP contribution >= 0.6 is 0 Å². The smallest absolute Gasteiger partial charge is 0.332 e. The molecule has 1 amide bonds. The van der Waals surface area contributed by atoms with Gasteiger partial charge in [-0.15, -0.1) is 0 Å². The summed E-state index contributed by atoms with van der Waals surface area (Å²) in [6.07, 6.45) is 0. The van der Waals surface area contributed by atoms with Gasteiger partial charge in [0, 0.05) is 0 Å². The maximum atomic E-state index is 11.1. The highest BCUT2D eigenvalue weighted by Gasteiger charge is 2.26. The summed E-state index contributed by atoms with van der Waals surface area (Å²) in [5.74, 6) is -0.164. The predicted octanol–water partition coefficient (Wildman–Crippen LogP) is -4.46. The van der Waals surface area contributed by atoms with Crippen molar-refractivity contribution in [3.63, 3.8) is 0 Å². The number of hydrogen-bond donors (Lipinski definition) is 2. The van der Waals surface area contributed by atoms with E-state index in [2.05, 4.69) is 0 Å². The minimum atomic E-state index is -0.750. The van der Waals surface area contributed by atoms with Crippen molar-refractivity contribution in [3.8, 4) is 0 Å². The number of quaternary nitrogens is 1. The summed E-state index contributed by atoms with van der Waals surface area (Å²) in [7, 11) is 5.16. The van der Waals surface area contributed by atoms with Gasteiger partial charge in [0.15, 0.2) is 0 Å². The lowest BCUT2D eigenvalue weighted by molar-refractivity contribution is -0.792. The summed E-state index contributed by atoms with van der Waals surface area (Å²) in [5.41, 5.74) is 5.29. The molecule has 5 heteroatoms. The molecule has 0 saturated carbocycles. The third-order valence-electron chi connectivity index (χ3n) is 1.18. The fourth-order valence-corrected chi connectivity index (χ4v) is 0.576. The standard InChI is InChI=1S/C6H15N2O2.BrH/c1-8(2,3)6(10)5(7)4-9;/h5,9H,4,7H2,1-3H3;1H/q+1;/p-1/t5-;/m0./s1. The molecule has 0 bridgehead atoms. The van der Waals surface area contributed by atoms with E-state index >= 15 is 0 Å². The van der Waals surface area contributed by atoms with Crippen LogP contribution in [0.3, 0.4) is 0 Å². The van der Waals surface area contributed by atoms with E-state index in [0.29, 0.717) is 0 Å². The first-order valence-electron chi connectivity index (χ1n) is 3.12. The molecular formula is C6H15BrN2O2. The van der Waals surface area contributed by atoms with Crippen molar-refractivity contribution >= 4 is 5.91 Å². The molecule has 0 saturated heterocycles. The van der Waals surface area contributed by atoms with E-state index in [9.17, 15) is 4.79 Å². The number of carbonyl (C=O) groups is 1. The number of rotatable bonds is 2. The van der Waals surface area contributed by atoms with Crippen molar-refractivity contribution < 1.29 is 31.4 Å². The Morgan fingerprint density at radius 2 is 1.91 bits per heavy atom. The highest BCUT2D eigenvalue weighted by Crippen LogP contribution is 1.94. The first-order valence-corrected chi connectivity index (χ1v) is 3.12. The molecule has 0 radical (unpaired) electrons. The summed E-state index contributed by atoms with van der Waals surface area (Å²) in [5, 5.41) is 8.51. The lowest BCUT2D eigenvalue weighted by Crippen LogP contribution is -3.00. The summed E-state index contributed by atoms with van der Waals surface area (Å²) in [6.45, 7) is -0.283. The van der Waals surface area contributed by atoms with Gasteiger partial charge in [0.05, 0.1) is 27.7 Å². The zero-order valence-electron chi connectivity index (χ0n) is 7.04. The van der Waals surface area contributed by atoms with Crippen molar-refractivity contribution in [2.24, 2.45) is 5.73 Å². The predicted molar refractivity (Wildman–Crippen MR) is 38.1 cm³/mol. The van der Waals surface area contributed by atoms with Gasteiger partial charge in [0.2, 0.25) is 0 Å². The van der Waals surface area contributed by atoms with E-state index in [0.717, 1.165) is 0 Å². The average molecular weight is 227 g/mol. The number of nitrogens with zero attached hydrogens (tertiary/aromatic N) is 1. The van der Waals surface area contributed by atoms with Crippen molar-refractivity contribution in [1.29, 1.82) is 0 Å². The zero-order chi connectivity index (χ0) is 8.36. The lowest BCUT2D eigenvalue weighted by atomic mass is 10.3. The van der Waals surface area contributed by atoms with E-state index in [1.165, 1.54) is 0 Å². The highest BCUT2D eigenvalue weighted by molar-refractivity contribution is 5.74. The Hall–Kier alpha value is 0.0300. The molecule has 1 atom stereocenters. The summed E-state index contributed by atoms with van der Waals surface area (Å²) < 4.78 is 0.154. The first-order chi connectivity index (χ1) is 4.39. The number of carbonyl (C=O) groups excluding carboxylic acids is 1. The Balaban J connectivity index is 0. The third-order valence-corrected chi connectivity index (χ3v) is 1.18. The van der Waals surface area contributed by atoms with Crippen molar-refractivity contribution in [1.82, 2.24) is 0 Å². The first kappa shape index (κ1) is 13.6. The van der Waals surface area contributed by atoms with Crippen LogP contribution in [-0.4, -0.2) is 49.3 Å². The SMILES string of the molecule is C[N+](C)(C)C(=O)[C@@H](N)CO.[Br-]. The van der Waals surface area contributed by atoms with Crippen LogP contribution in [0.1, 0.15) is 0 Å². The number of nitrogens with two attached hydrogens (primary N) is 1. The van der Waals surface area contributed by atoms with Crippen molar-refractivity contribution in [2.75, 3.05) is 27.7 Å².